The van der Waals surface area contributed by atoms with Gasteiger partial charge in [-0.05, 0) is 87.5 Å². The number of rotatable bonds is 3. The molecule has 0 saturated heterocycles. The van der Waals surface area contributed by atoms with Crippen LogP contribution in [0.15, 0.2) is 96.0 Å². The molecule has 6 rings (SSSR count). The fourth-order valence-electron chi connectivity index (χ4n) is 5.94. The number of hydrogen-bond acceptors (Lipinski definition) is 3. The van der Waals surface area contributed by atoms with Crippen molar-refractivity contribution in [3.05, 3.63) is 108 Å². The molecule has 224 valence electrons. The van der Waals surface area contributed by atoms with Crippen LogP contribution in [0.5, 0.6) is 0 Å². The molecule has 0 N–H and O–H groups in total. The summed E-state index contributed by atoms with van der Waals surface area (Å²) in [6.45, 7) is 20.4. The zero-order chi connectivity index (χ0) is 31.6. The molecular weight excluding hydrogens is 555 g/mol. The number of hydrogen-bond donors (Lipinski definition) is 1. The lowest BCUT2D eigenvalue weighted by molar-refractivity contribution is 0.560. The molecule has 3 aromatic heterocycles. The maximum atomic E-state index is 5.46. The van der Waals surface area contributed by atoms with Crippen LogP contribution in [-0.4, -0.2) is 14.5 Å². The Morgan fingerprint density at radius 1 is 0.614 bits per heavy atom. The molecule has 4 heteroatoms. The second-order valence-corrected chi connectivity index (χ2v) is 15.5. The summed E-state index contributed by atoms with van der Waals surface area (Å²) in [6.07, 6.45) is 1.86. The number of fused-ring (bicyclic) bond motifs is 3. The third-order valence-corrected chi connectivity index (χ3v) is 9.07. The lowest BCUT2D eigenvalue weighted by atomic mass is 9.79. The summed E-state index contributed by atoms with van der Waals surface area (Å²) in [7, 11) is 0. The first kappa shape index (κ1) is 30.1. The Kier molecular flexibility index (Phi) is 7.28. The lowest BCUT2D eigenvalue weighted by Gasteiger charge is -2.28. The topological polar surface area (TPSA) is 30.7 Å². The van der Waals surface area contributed by atoms with Gasteiger partial charge in [0.25, 0.3) is 0 Å². The van der Waals surface area contributed by atoms with Crippen LogP contribution in [0.4, 0.5) is 0 Å². The van der Waals surface area contributed by atoms with Gasteiger partial charge in [0, 0.05) is 38.7 Å². The summed E-state index contributed by atoms with van der Waals surface area (Å²) in [6, 6.07) is 30.6. The molecule has 0 bridgehead atoms. The number of thiol groups is 1. The first-order valence-electron chi connectivity index (χ1n) is 15.5. The fraction of sp³-hybridized carbons (Fsp3) is 0.300. The monoisotopic (exact) mass is 597 g/mol. The smallest absolute Gasteiger partial charge is 0.146 e. The van der Waals surface area contributed by atoms with Crippen LogP contribution < -0.4 is 0 Å². The molecule has 0 amide bonds. The maximum absolute atomic E-state index is 5.46. The molecular formula is C40H43N3S. The van der Waals surface area contributed by atoms with Crippen LogP contribution in [0.2, 0.25) is 0 Å². The highest BCUT2D eigenvalue weighted by Crippen LogP contribution is 2.41. The molecule has 3 aromatic carbocycles. The summed E-state index contributed by atoms with van der Waals surface area (Å²) in [5.41, 5.74) is 10.9. The van der Waals surface area contributed by atoms with Crippen LogP contribution in [-0.2, 0) is 16.2 Å². The SMILES string of the molecule is CC(C)(C)c1cc(-c2ccccn2)cc(-n2c3ccccc3c3ccc(-c4cc(C(C)(C)C)cc(C(C)(C)C)c4S)nc32)c1. The Morgan fingerprint density at radius 2 is 1.30 bits per heavy atom. The Hall–Kier alpha value is -3.89. The number of pyridine rings is 2. The largest absolute Gasteiger partial charge is 0.294 e. The van der Waals surface area contributed by atoms with E-state index in [2.05, 4.69) is 140 Å². The highest BCUT2D eigenvalue weighted by molar-refractivity contribution is 7.80. The van der Waals surface area contributed by atoms with Crippen molar-refractivity contribution in [3.8, 4) is 28.2 Å². The quantitative estimate of drug-likeness (QED) is 0.206. The average molecular weight is 598 g/mol. The van der Waals surface area contributed by atoms with Crippen molar-refractivity contribution in [3.63, 3.8) is 0 Å². The van der Waals surface area contributed by atoms with Gasteiger partial charge < -0.3 is 0 Å². The Labute approximate surface area is 267 Å². The fourth-order valence-corrected chi connectivity index (χ4v) is 6.52. The Morgan fingerprint density at radius 3 is 1.95 bits per heavy atom. The van der Waals surface area contributed by atoms with Crippen LogP contribution in [0.25, 0.3) is 50.1 Å². The Balaban J connectivity index is 1.68. The zero-order valence-electron chi connectivity index (χ0n) is 27.4. The van der Waals surface area contributed by atoms with E-state index in [1.807, 2.05) is 18.3 Å². The van der Waals surface area contributed by atoms with Crippen LogP contribution in [0.3, 0.4) is 0 Å². The van der Waals surface area contributed by atoms with Crippen LogP contribution in [0, 0.1) is 0 Å². The van der Waals surface area contributed by atoms with E-state index in [1.165, 1.54) is 22.1 Å². The highest BCUT2D eigenvalue weighted by Gasteiger charge is 2.26. The summed E-state index contributed by atoms with van der Waals surface area (Å²) in [5, 5.41) is 2.32. The van der Waals surface area contributed by atoms with E-state index in [0.717, 1.165) is 49.6 Å². The number of aromatic nitrogens is 3. The lowest BCUT2D eigenvalue weighted by Crippen LogP contribution is -2.17. The van der Waals surface area contributed by atoms with E-state index in [-0.39, 0.29) is 16.2 Å². The first-order valence-corrected chi connectivity index (χ1v) is 15.9. The van der Waals surface area contributed by atoms with Gasteiger partial charge in [-0.3, -0.25) is 9.55 Å². The summed E-state index contributed by atoms with van der Waals surface area (Å²) in [4.78, 5) is 11.2. The number of para-hydroxylation sites is 1. The molecule has 3 heterocycles. The van der Waals surface area contributed by atoms with Gasteiger partial charge in [-0.1, -0.05) is 92.6 Å². The van der Waals surface area contributed by atoms with E-state index in [9.17, 15) is 0 Å². The van der Waals surface area contributed by atoms with E-state index in [1.54, 1.807) is 0 Å². The van der Waals surface area contributed by atoms with Gasteiger partial charge in [0.2, 0.25) is 0 Å². The van der Waals surface area contributed by atoms with Crippen molar-refractivity contribution in [2.75, 3.05) is 0 Å². The Bertz CT molecular complexity index is 2010. The van der Waals surface area contributed by atoms with Crippen molar-refractivity contribution in [1.82, 2.24) is 14.5 Å². The zero-order valence-corrected chi connectivity index (χ0v) is 28.3. The van der Waals surface area contributed by atoms with Gasteiger partial charge in [-0.15, -0.1) is 12.6 Å². The second kappa shape index (κ2) is 10.6. The van der Waals surface area contributed by atoms with Gasteiger partial charge in [-0.25, -0.2) is 4.98 Å². The number of nitrogens with zero attached hydrogens (tertiary/aromatic N) is 3. The van der Waals surface area contributed by atoms with E-state index in [4.69, 9.17) is 22.6 Å². The van der Waals surface area contributed by atoms with Gasteiger partial charge in [0.05, 0.1) is 16.9 Å². The van der Waals surface area contributed by atoms with Gasteiger partial charge in [0.1, 0.15) is 5.65 Å². The normalized spacial score (nSPS) is 12.8. The second-order valence-electron chi connectivity index (χ2n) is 15.1. The van der Waals surface area contributed by atoms with Gasteiger partial charge in [-0.2, -0.15) is 0 Å². The third-order valence-electron chi connectivity index (χ3n) is 8.58. The molecule has 0 spiro atoms. The van der Waals surface area contributed by atoms with Crippen molar-refractivity contribution >= 4 is 34.6 Å². The molecule has 0 fully saturated rings. The predicted octanol–water partition coefficient (Wildman–Crippen LogP) is 11.1. The van der Waals surface area contributed by atoms with Crippen molar-refractivity contribution in [2.45, 2.75) is 83.5 Å². The van der Waals surface area contributed by atoms with Crippen LogP contribution >= 0.6 is 12.6 Å². The molecule has 0 aliphatic heterocycles. The molecule has 0 radical (unpaired) electrons. The third kappa shape index (κ3) is 5.45. The van der Waals surface area contributed by atoms with E-state index >= 15 is 0 Å². The van der Waals surface area contributed by atoms with Gasteiger partial charge in [0.15, 0.2) is 0 Å². The summed E-state index contributed by atoms with van der Waals surface area (Å²) < 4.78 is 2.33. The molecule has 0 atom stereocenters. The molecule has 0 unspecified atom stereocenters. The summed E-state index contributed by atoms with van der Waals surface area (Å²) in [5.74, 6) is 0. The van der Waals surface area contributed by atoms with Crippen molar-refractivity contribution in [2.24, 2.45) is 0 Å². The minimum Gasteiger partial charge on any atom is -0.294 e. The predicted molar refractivity (Wildman–Crippen MR) is 191 cm³/mol. The minimum absolute atomic E-state index is 0.00943. The molecule has 0 aliphatic rings. The first-order chi connectivity index (χ1) is 20.6. The molecule has 44 heavy (non-hydrogen) atoms. The minimum atomic E-state index is -0.0542. The molecule has 0 saturated carbocycles. The standard InChI is InChI=1S/C40H43N3S/c1-38(2,3)26-20-25(33-15-12-13-19-41-33)21-28(22-26)43-35-16-11-10-14-29(35)30-17-18-34(42-37(30)43)31-23-27(39(4,5)6)24-32(36(31)44)40(7,8)9/h10-24,44H,1-9H3. The number of benzene rings is 3. The van der Waals surface area contributed by atoms with E-state index < -0.39 is 0 Å². The van der Waals surface area contributed by atoms with Crippen molar-refractivity contribution < 1.29 is 0 Å². The molecule has 0 aliphatic carbocycles. The summed E-state index contributed by atoms with van der Waals surface area (Å²) >= 11 is 5.14. The van der Waals surface area contributed by atoms with Crippen molar-refractivity contribution in [1.29, 1.82) is 0 Å². The van der Waals surface area contributed by atoms with Crippen LogP contribution in [0.1, 0.15) is 79.0 Å². The highest BCUT2D eigenvalue weighted by atomic mass is 32.1. The van der Waals surface area contributed by atoms with Gasteiger partial charge >= 0.3 is 0 Å². The average Bonchev–Trinajstić information content (AvgIpc) is 3.29. The maximum Gasteiger partial charge on any atom is 0.146 e. The van der Waals surface area contributed by atoms with E-state index in [0.29, 0.717) is 0 Å². The molecule has 3 nitrogen and oxygen atoms in total. The molecule has 6 aromatic rings.